The van der Waals surface area contributed by atoms with Crippen LogP contribution in [0.15, 0.2) is 18.2 Å². The van der Waals surface area contributed by atoms with Crippen LogP contribution in [-0.2, 0) is 12.0 Å². The molecular formula is C21H33F2N3. The third kappa shape index (κ3) is 5.18. The van der Waals surface area contributed by atoms with Crippen molar-refractivity contribution < 1.29 is 8.78 Å². The number of hydrogen-bond donors (Lipinski definition) is 1. The van der Waals surface area contributed by atoms with E-state index in [1.165, 1.54) is 0 Å². The quantitative estimate of drug-likeness (QED) is 0.601. The number of aromatic nitrogens is 2. The number of aryl methyl sites for hydroxylation is 1. The standard InChI is InChI=1S/C21H33F2N3/c1-7-15(10-12-21(5,22)23)11-13-26-18-9-8-16(24-6)14-17(18)25-19(26)20(2,3)4/h8-9,14-15,24H,7,10-13H2,1-6H3. The van der Waals surface area contributed by atoms with Crippen LogP contribution in [0.25, 0.3) is 11.0 Å². The van der Waals surface area contributed by atoms with Crippen LogP contribution < -0.4 is 5.32 Å². The zero-order valence-electron chi connectivity index (χ0n) is 17.0. The Kier molecular flexibility index (Phi) is 6.30. The lowest BCUT2D eigenvalue weighted by Crippen LogP contribution is -2.20. The van der Waals surface area contributed by atoms with Gasteiger partial charge in [-0.25, -0.2) is 13.8 Å². The first kappa shape index (κ1) is 20.7. The number of fused-ring (bicyclic) bond motifs is 1. The van der Waals surface area contributed by atoms with E-state index >= 15 is 0 Å². The highest BCUT2D eigenvalue weighted by Gasteiger charge is 2.25. The number of rotatable bonds is 8. The molecule has 1 heterocycles. The maximum atomic E-state index is 13.2. The van der Waals surface area contributed by atoms with Crippen LogP contribution in [-0.4, -0.2) is 22.5 Å². The lowest BCUT2D eigenvalue weighted by atomic mass is 9.93. The molecule has 2 rings (SSSR count). The van der Waals surface area contributed by atoms with Gasteiger partial charge in [-0.3, -0.25) is 0 Å². The minimum Gasteiger partial charge on any atom is -0.388 e. The Labute approximate surface area is 156 Å². The molecule has 1 atom stereocenters. The van der Waals surface area contributed by atoms with Gasteiger partial charge in [0, 0.05) is 31.1 Å². The van der Waals surface area contributed by atoms with Gasteiger partial charge >= 0.3 is 0 Å². The van der Waals surface area contributed by atoms with Gasteiger partial charge in [0.1, 0.15) is 5.82 Å². The van der Waals surface area contributed by atoms with Crippen LogP contribution in [0.2, 0.25) is 0 Å². The molecule has 0 aliphatic rings. The average molecular weight is 366 g/mol. The van der Waals surface area contributed by atoms with Crippen molar-refractivity contribution in [3.63, 3.8) is 0 Å². The summed E-state index contributed by atoms with van der Waals surface area (Å²) in [6, 6.07) is 6.22. The third-order valence-electron chi connectivity index (χ3n) is 5.04. The Bertz CT molecular complexity index is 723. The Morgan fingerprint density at radius 3 is 2.38 bits per heavy atom. The predicted octanol–water partition coefficient (Wildman–Crippen LogP) is 6.23. The molecule has 0 spiro atoms. The second-order valence-electron chi connectivity index (χ2n) is 8.46. The summed E-state index contributed by atoms with van der Waals surface area (Å²) in [6.07, 6.45) is 2.36. The van der Waals surface area contributed by atoms with Crippen molar-refractivity contribution in [3.8, 4) is 0 Å². The summed E-state index contributed by atoms with van der Waals surface area (Å²) >= 11 is 0. The van der Waals surface area contributed by atoms with Crippen molar-refractivity contribution in [2.75, 3.05) is 12.4 Å². The molecule has 1 aromatic heterocycles. The first-order valence-electron chi connectivity index (χ1n) is 9.61. The number of benzene rings is 1. The second kappa shape index (κ2) is 7.93. The van der Waals surface area contributed by atoms with Gasteiger partial charge < -0.3 is 9.88 Å². The van der Waals surface area contributed by atoms with Crippen molar-refractivity contribution in [2.24, 2.45) is 5.92 Å². The van der Waals surface area contributed by atoms with Crippen molar-refractivity contribution in [2.45, 2.75) is 78.2 Å². The topological polar surface area (TPSA) is 29.9 Å². The number of alkyl halides is 2. The molecular weight excluding hydrogens is 332 g/mol. The molecule has 0 saturated heterocycles. The van der Waals surface area contributed by atoms with Gasteiger partial charge in [0.05, 0.1) is 11.0 Å². The van der Waals surface area contributed by atoms with Crippen LogP contribution in [0.5, 0.6) is 0 Å². The fraction of sp³-hybridized carbons (Fsp3) is 0.667. The smallest absolute Gasteiger partial charge is 0.245 e. The van der Waals surface area contributed by atoms with Gasteiger partial charge in [-0.1, -0.05) is 34.1 Å². The average Bonchev–Trinajstić information content (AvgIpc) is 2.92. The number of nitrogens with one attached hydrogen (secondary N) is 1. The molecule has 0 fully saturated rings. The highest BCUT2D eigenvalue weighted by atomic mass is 19.3. The van der Waals surface area contributed by atoms with Gasteiger partial charge in [-0.15, -0.1) is 0 Å². The van der Waals surface area contributed by atoms with Crippen LogP contribution in [0.4, 0.5) is 14.5 Å². The van der Waals surface area contributed by atoms with Crippen molar-refractivity contribution in [3.05, 3.63) is 24.0 Å². The summed E-state index contributed by atoms with van der Waals surface area (Å²) in [5.41, 5.74) is 3.07. The van der Waals surface area contributed by atoms with E-state index in [0.29, 0.717) is 12.3 Å². The maximum absolute atomic E-state index is 13.2. The largest absolute Gasteiger partial charge is 0.388 e. The number of halogens is 2. The molecule has 26 heavy (non-hydrogen) atoms. The Balaban J connectivity index is 2.26. The zero-order valence-corrected chi connectivity index (χ0v) is 17.0. The number of nitrogens with zero attached hydrogens (tertiary/aromatic N) is 2. The zero-order chi connectivity index (χ0) is 19.5. The van der Waals surface area contributed by atoms with Gasteiger partial charge in [-0.2, -0.15) is 0 Å². The van der Waals surface area contributed by atoms with Gasteiger partial charge in [0.25, 0.3) is 0 Å². The summed E-state index contributed by atoms with van der Waals surface area (Å²) in [5.74, 6) is -1.21. The van der Waals surface area contributed by atoms with Gasteiger partial charge in [0.2, 0.25) is 5.92 Å². The molecule has 0 saturated carbocycles. The van der Waals surface area contributed by atoms with E-state index in [1.54, 1.807) is 0 Å². The first-order chi connectivity index (χ1) is 12.0. The molecule has 1 unspecified atom stereocenters. The Morgan fingerprint density at radius 2 is 1.85 bits per heavy atom. The van der Waals surface area contributed by atoms with E-state index < -0.39 is 5.92 Å². The summed E-state index contributed by atoms with van der Waals surface area (Å²) in [5, 5.41) is 3.16. The third-order valence-corrected chi connectivity index (χ3v) is 5.04. The van der Waals surface area contributed by atoms with Crippen molar-refractivity contribution >= 4 is 16.7 Å². The van der Waals surface area contributed by atoms with Crippen LogP contribution in [0, 0.1) is 5.92 Å². The number of anilines is 1. The molecule has 146 valence electrons. The summed E-state index contributed by atoms with van der Waals surface area (Å²) in [6.45, 7) is 10.4. The van der Waals surface area contributed by atoms with Crippen LogP contribution in [0.1, 0.15) is 66.1 Å². The molecule has 3 nitrogen and oxygen atoms in total. The number of imidazole rings is 1. The maximum Gasteiger partial charge on any atom is 0.245 e. The predicted molar refractivity (Wildman–Crippen MR) is 106 cm³/mol. The SMILES string of the molecule is CCC(CCn1c(C(C)(C)C)nc2cc(NC)ccc21)CCC(C)(F)F. The molecule has 1 N–H and O–H groups in total. The van der Waals surface area contributed by atoms with Gasteiger partial charge in [-0.05, 0) is 43.9 Å². The van der Waals surface area contributed by atoms with E-state index in [1.807, 2.05) is 7.05 Å². The molecule has 0 radical (unpaired) electrons. The van der Waals surface area contributed by atoms with Gasteiger partial charge in [0.15, 0.2) is 0 Å². The Hall–Kier alpha value is -1.65. The summed E-state index contributed by atoms with van der Waals surface area (Å²) in [7, 11) is 1.90. The highest BCUT2D eigenvalue weighted by molar-refractivity contribution is 5.80. The normalized spacial score (nSPS) is 14.0. The fourth-order valence-corrected chi connectivity index (χ4v) is 3.41. The minimum absolute atomic E-state index is 0.0339. The second-order valence-corrected chi connectivity index (χ2v) is 8.46. The lowest BCUT2D eigenvalue weighted by molar-refractivity contribution is 0.00598. The first-order valence-corrected chi connectivity index (χ1v) is 9.61. The number of hydrogen-bond acceptors (Lipinski definition) is 2. The fourth-order valence-electron chi connectivity index (χ4n) is 3.41. The van der Waals surface area contributed by atoms with E-state index in [2.05, 4.69) is 55.8 Å². The van der Waals surface area contributed by atoms with Crippen LogP contribution >= 0.6 is 0 Å². The van der Waals surface area contributed by atoms with E-state index in [9.17, 15) is 8.78 Å². The molecule has 0 bridgehead atoms. The molecule has 2 aromatic rings. The van der Waals surface area contributed by atoms with E-state index in [0.717, 1.165) is 48.9 Å². The van der Waals surface area contributed by atoms with Crippen molar-refractivity contribution in [1.82, 2.24) is 9.55 Å². The molecule has 0 amide bonds. The summed E-state index contributed by atoms with van der Waals surface area (Å²) in [4.78, 5) is 4.88. The lowest BCUT2D eigenvalue weighted by Gasteiger charge is -2.22. The molecule has 5 heteroatoms. The Morgan fingerprint density at radius 1 is 1.15 bits per heavy atom. The van der Waals surface area contributed by atoms with E-state index in [4.69, 9.17) is 4.98 Å². The molecule has 0 aliphatic carbocycles. The highest BCUT2D eigenvalue weighted by Crippen LogP contribution is 2.30. The molecule has 1 aromatic carbocycles. The minimum atomic E-state index is -2.57. The summed E-state index contributed by atoms with van der Waals surface area (Å²) < 4.78 is 28.7. The van der Waals surface area contributed by atoms with Crippen molar-refractivity contribution in [1.29, 1.82) is 0 Å². The van der Waals surface area contributed by atoms with Crippen LogP contribution in [0.3, 0.4) is 0 Å². The molecule has 0 aliphatic heterocycles. The monoisotopic (exact) mass is 365 g/mol. The van der Waals surface area contributed by atoms with E-state index in [-0.39, 0.29) is 11.8 Å².